The minimum atomic E-state index is -1.05. The van der Waals surface area contributed by atoms with Gasteiger partial charge in [0.05, 0.1) is 5.60 Å². The van der Waals surface area contributed by atoms with Crippen LogP contribution in [0.3, 0.4) is 0 Å². The maximum atomic E-state index is 10.7. The van der Waals surface area contributed by atoms with Crippen molar-refractivity contribution in [1.82, 2.24) is 4.98 Å². The lowest BCUT2D eigenvalue weighted by atomic mass is 10.0. The molecule has 2 rings (SSSR count). The van der Waals surface area contributed by atoms with Crippen LogP contribution >= 0.6 is 11.8 Å². The Bertz CT molecular complexity index is 419. The van der Waals surface area contributed by atoms with Crippen molar-refractivity contribution in [2.45, 2.75) is 12.0 Å². The number of anilines is 1. The average Bonchev–Trinajstić information content (AvgIpc) is 2.75. The number of carbonyl (C=O) groups is 1. The van der Waals surface area contributed by atoms with Gasteiger partial charge in [0.1, 0.15) is 5.82 Å². The Hall–Kier alpha value is -1.27. The Balaban J connectivity index is 1.99. The molecular formula is C11H14N2O3S. The van der Waals surface area contributed by atoms with Crippen molar-refractivity contribution in [3.8, 4) is 0 Å². The zero-order chi connectivity index (χ0) is 12.3. The van der Waals surface area contributed by atoms with E-state index in [1.807, 2.05) is 0 Å². The van der Waals surface area contributed by atoms with E-state index in [0.29, 0.717) is 18.1 Å². The number of rotatable bonds is 4. The number of thioether (sulfide) groups is 1. The number of aromatic nitrogens is 1. The van der Waals surface area contributed by atoms with Crippen LogP contribution in [0, 0.1) is 0 Å². The average molecular weight is 254 g/mol. The molecule has 0 aliphatic carbocycles. The van der Waals surface area contributed by atoms with Gasteiger partial charge in [0.25, 0.3) is 0 Å². The second-order valence-electron chi connectivity index (χ2n) is 4.09. The van der Waals surface area contributed by atoms with E-state index >= 15 is 0 Å². The molecule has 0 aromatic carbocycles. The van der Waals surface area contributed by atoms with Gasteiger partial charge in [0.15, 0.2) is 5.69 Å². The van der Waals surface area contributed by atoms with E-state index in [2.05, 4.69) is 10.3 Å². The van der Waals surface area contributed by atoms with Crippen molar-refractivity contribution < 1.29 is 15.0 Å². The summed E-state index contributed by atoms with van der Waals surface area (Å²) in [4.78, 5) is 14.7. The fourth-order valence-electron chi connectivity index (χ4n) is 1.64. The zero-order valence-corrected chi connectivity index (χ0v) is 10.0. The van der Waals surface area contributed by atoms with Gasteiger partial charge in [-0.1, -0.05) is 6.07 Å². The van der Waals surface area contributed by atoms with Crippen molar-refractivity contribution in [2.75, 3.05) is 23.4 Å². The van der Waals surface area contributed by atoms with Crippen LogP contribution in [0.15, 0.2) is 18.2 Å². The summed E-state index contributed by atoms with van der Waals surface area (Å²) in [7, 11) is 0. The van der Waals surface area contributed by atoms with Gasteiger partial charge in [-0.15, -0.1) is 0 Å². The van der Waals surface area contributed by atoms with Crippen LogP contribution in [0.5, 0.6) is 0 Å². The first-order valence-corrected chi connectivity index (χ1v) is 6.49. The van der Waals surface area contributed by atoms with Crippen LogP contribution in [-0.4, -0.2) is 44.8 Å². The molecule has 17 heavy (non-hydrogen) atoms. The molecular weight excluding hydrogens is 240 g/mol. The summed E-state index contributed by atoms with van der Waals surface area (Å²) in [5, 5.41) is 21.9. The third kappa shape index (κ3) is 3.10. The minimum Gasteiger partial charge on any atom is -0.477 e. The maximum Gasteiger partial charge on any atom is 0.354 e. The number of nitrogens with zero attached hydrogens (tertiary/aromatic N) is 1. The predicted molar refractivity (Wildman–Crippen MR) is 66.6 cm³/mol. The van der Waals surface area contributed by atoms with E-state index in [0.717, 1.165) is 12.2 Å². The number of pyridine rings is 1. The molecule has 6 heteroatoms. The van der Waals surface area contributed by atoms with Crippen LogP contribution in [0.25, 0.3) is 0 Å². The topological polar surface area (TPSA) is 82.5 Å². The lowest BCUT2D eigenvalue weighted by molar-refractivity contribution is 0.0690. The van der Waals surface area contributed by atoms with Crippen LogP contribution in [-0.2, 0) is 0 Å². The Morgan fingerprint density at radius 3 is 3.06 bits per heavy atom. The van der Waals surface area contributed by atoms with E-state index in [1.54, 1.807) is 23.9 Å². The Morgan fingerprint density at radius 1 is 1.59 bits per heavy atom. The SMILES string of the molecule is O=C(O)c1cccc(NCC2(O)CCSC2)n1. The van der Waals surface area contributed by atoms with E-state index in [1.165, 1.54) is 6.07 Å². The molecule has 0 radical (unpaired) electrons. The number of nitrogens with one attached hydrogen (secondary N) is 1. The van der Waals surface area contributed by atoms with Gasteiger partial charge in [0, 0.05) is 12.3 Å². The molecule has 0 bridgehead atoms. The fourth-order valence-corrected chi connectivity index (χ4v) is 2.94. The van der Waals surface area contributed by atoms with Gasteiger partial charge in [-0.2, -0.15) is 11.8 Å². The molecule has 1 saturated heterocycles. The van der Waals surface area contributed by atoms with Crippen molar-refractivity contribution >= 4 is 23.5 Å². The summed E-state index contributed by atoms with van der Waals surface area (Å²) in [5.41, 5.74) is -0.700. The molecule has 1 aromatic heterocycles. The van der Waals surface area contributed by atoms with Crippen molar-refractivity contribution in [1.29, 1.82) is 0 Å². The van der Waals surface area contributed by atoms with Gasteiger partial charge in [-0.25, -0.2) is 9.78 Å². The zero-order valence-electron chi connectivity index (χ0n) is 9.22. The first-order valence-electron chi connectivity index (χ1n) is 5.33. The molecule has 1 fully saturated rings. The second kappa shape index (κ2) is 4.93. The number of hydrogen-bond donors (Lipinski definition) is 3. The molecule has 0 spiro atoms. The molecule has 3 N–H and O–H groups in total. The molecule has 92 valence electrons. The van der Waals surface area contributed by atoms with Crippen LogP contribution in [0.4, 0.5) is 5.82 Å². The van der Waals surface area contributed by atoms with Gasteiger partial charge in [-0.05, 0) is 24.3 Å². The van der Waals surface area contributed by atoms with E-state index in [9.17, 15) is 9.90 Å². The van der Waals surface area contributed by atoms with Gasteiger partial charge >= 0.3 is 5.97 Å². The smallest absolute Gasteiger partial charge is 0.354 e. The highest BCUT2D eigenvalue weighted by atomic mass is 32.2. The van der Waals surface area contributed by atoms with Gasteiger partial charge in [-0.3, -0.25) is 0 Å². The van der Waals surface area contributed by atoms with E-state index in [4.69, 9.17) is 5.11 Å². The molecule has 1 atom stereocenters. The van der Waals surface area contributed by atoms with Crippen LogP contribution in [0.1, 0.15) is 16.9 Å². The van der Waals surface area contributed by atoms with Crippen molar-refractivity contribution in [3.63, 3.8) is 0 Å². The number of aromatic carboxylic acids is 1. The van der Waals surface area contributed by atoms with Gasteiger partial charge in [0.2, 0.25) is 0 Å². The van der Waals surface area contributed by atoms with E-state index in [-0.39, 0.29) is 5.69 Å². The summed E-state index contributed by atoms with van der Waals surface area (Å²) in [5.74, 6) is 1.10. The monoisotopic (exact) mass is 254 g/mol. The van der Waals surface area contributed by atoms with Gasteiger partial charge < -0.3 is 15.5 Å². The summed E-state index contributed by atoms with van der Waals surface area (Å²) >= 11 is 1.72. The molecule has 2 heterocycles. The predicted octanol–water partition coefficient (Wildman–Crippen LogP) is 1.06. The first kappa shape index (κ1) is 12.2. The quantitative estimate of drug-likeness (QED) is 0.745. The number of aliphatic hydroxyl groups is 1. The van der Waals surface area contributed by atoms with Crippen LogP contribution < -0.4 is 5.32 Å². The lowest BCUT2D eigenvalue weighted by Gasteiger charge is -2.21. The van der Waals surface area contributed by atoms with Crippen LogP contribution in [0.2, 0.25) is 0 Å². The maximum absolute atomic E-state index is 10.7. The number of carboxylic acids is 1. The minimum absolute atomic E-state index is 0.00258. The normalized spacial score (nSPS) is 23.6. The second-order valence-corrected chi connectivity index (χ2v) is 5.20. The number of carboxylic acid groups (broad SMARTS) is 1. The highest BCUT2D eigenvalue weighted by Gasteiger charge is 2.31. The fraction of sp³-hybridized carbons (Fsp3) is 0.455. The lowest BCUT2D eigenvalue weighted by Crippen LogP contribution is -2.36. The molecule has 1 aliphatic heterocycles. The molecule has 1 unspecified atom stereocenters. The molecule has 5 nitrogen and oxygen atoms in total. The Morgan fingerprint density at radius 2 is 2.41 bits per heavy atom. The Kier molecular flexibility index (Phi) is 3.54. The summed E-state index contributed by atoms with van der Waals surface area (Å²) in [6, 6.07) is 4.76. The molecule has 1 aliphatic rings. The molecule has 0 amide bonds. The summed E-state index contributed by atoms with van der Waals surface area (Å²) < 4.78 is 0. The standard InChI is InChI=1S/C11H14N2O3S/c14-10(15)8-2-1-3-9(13-8)12-6-11(16)4-5-17-7-11/h1-3,16H,4-7H2,(H,12,13)(H,14,15). The Labute approximate surface area is 103 Å². The van der Waals surface area contributed by atoms with Crippen molar-refractivity contribution in [3.05, 3.63) is 23.9 Å². The first-order chi connectivity index (χ1) is 8.09. The summed E-state index contributed by atoms with van der Waals surface area (Å²) in [6.07, 6.45) is 0.753. The summed E-state index contributed by atoms with van der Waals surface area (Å²) in [6.45, 7) is 0.399. The third-order valence-corrected chi connectivity index (χ3v) is 3.88. The molecule has 0 saturated carbocycles. The van der Waals surface area contributed by atoms with Crippen molar-refractivity contribution in [2.24, 2.45) is 0 Å². The molecule has 1 aromatic rings. The number of hydrogen-bond acceptors (Lipinski definition) is 5. The third-order valence-electron chi connectivity index (χ3n) is 2.65. The van der Waals surface area contributed by atoms with E-state index < -0.39 is 11.6 Å². The highest BCUT2D eigenvalue weighted by molar-refractivity contribution is 7.99. The largest absolute Gasteiger partial charge is 0.477 e. The highest BCUT2D eigenvalue weighted by Crippen LogP contribution is 2.27.